The quantitative estimate of drug-likeness (QED) is 0.0809. The van der Waals surface area contributed by atoms with Gasteiger partial charge >= 0.3 is 0 Å². The first kappa shape index (κ1) is 41.4. The molecule has 4 aliphatic heterocycles. The molecular weight excluding hydrogens is 783 g/mol. The summed E-state index contributed by atoms with van der Waals surface area (Å²) in [5.74, 6) is -0.894. The van der Waals surface area contributed by atoms with Gasteiger partial charge < -0.3 is 14.7 Å². The number of nitrogens with one attached hydrogen (secondary N) is 1. The van der Waals surface area contributed by atoms with Crippen LogP contribution in [0.3, 0.4) is 0 Å². The molecule has 0 spiro atoms. The minimum absolute atomic E-state index is 0.0267. The second-order valence-corrected chi connectivity index (χ2v) is 16.7. The van der Waals surface area contributed by atoms with Crippen molar-refractivity contribution in [2.45, 2.75) is 56.9 Å². The predicted octanol–water partition coefficient (Wildman–Crippen LogP) is 7.49. The van der Waals surface area contributed by atoms with Crippen LogP contribution in [0.5, 0.6) is 11.5 Å². The normalized spacial score (nSPS) is 20.0. The number of likely N-dealkylation sites (tertiary alicyclic amines) is 2. The number of hydrogen-bond acceptors (Lipinski definition) is 8. The fourth-order valence-corrected chi connectivity index (χ4v) is 9.49. The lowest BCUT2D eigenvalue weighted by atomic mass is 9.86. The molecule has 4 aromatic carbocycles. The van der Waals surface area contributed by atoms with E-state index in [1.54, 1.807) is 12.1 Å². The third-order valence-corrected chi connectivity index (χ3v) is 12.7. The molecule has 4 aromatic rings. The van der Waals surface area contributed by atoms with Crippen molar-refractivity contribution in [3.63, 3.8) is 0 Å². The second kappa shape index (κ2) is 18.5. The maximum absolute atomic E-state index is 15.5. The van der Waals surface area contributed by atoms with Crippen molar-refractivity contribution in [1.29, 1.82) is 0 Å². The molecule has 8 rings (SSSR count). The van der Waals surface area contributed by atoms with E-state index in [2.05, 4.69) is 39.4 Å². The Hall–Kier alpha value is -5.36. The minimum Gasteiger partial charge on any atom is -0.508 e. The topological polar surface area (TPSA) is 119 Å². The number of piperidine rings is 3. The number of nitrogens with zero attached hydrogens (tertiary/aromatic N) is 3. The van der Waals surface area contributed by atoms with Crippen molar-refractivity contribution in [3.05, 3.63) is 130 Å². The van der Waals surface area contributed by atoms with Gasteiger partial charge in [0.25, 0.3) is 11.8 Å². The van der Waals surface area contributed by atoms with Gasteiger partial charge in [-0.15, -0.1) is 11.6 Å². The fourth-order valence-electron chi connectivity index (χ4n) is 9.31. The zero-order chi connectivity index (χ0) is 41.8. The fraction of sp³-hybridized carbons (Fsp3) is 0.375. The van der Waals surface area contributed by atoms with Gasteiger partial charge in [-0.3, -0.25) is 34.3 Å². The van der Waals surface area contributed by atoms with E-state index < -0.39 is 35.5 Å². The molecule has 1 unspecified atom stereocenters. The number of rotatable bonds is 13. The Kier molecular flexibility index (Phi) is 12.8. The molecule has 3 saturated heterocycles. The molecule has 3 fully saturated rings. The lowest BCUT2D eigenvalue weighted by Gasteiger charge is -2.37. The van der Waals surface area contributed by atoms with E-state index in [1.807, 2.05) is 42.5 Å². The number of benzene rings is 4. The van der Waals surface area contributed by atoms with Gasteiger partial charge in [-0.05, 0) is 146 Å². The first-order valence-electron chi connectivity index (χ1n) is 21.0. The number of allylic oxidation sites excluding steroid dienone is 1. The molecule has 4 amide bonds. The van der Waals surface area contributed by atoms with E-state index in [0.29, 0.717) is 30.4 Å². The van der Waals surface area contributed by atoms with Crippen LogP contribution in [0.15, 0.2) is 91.0 Å². The zero-order valence-corrected chi connectivity index (χ0v) is 34.3. The molecule has 312 valence electrons. The van der Waals surface area contributed by atoms with Crippen molar-refractivity contribution < 1.29 is 33.4 Å². The maximum Gasteiger partial charge on any atom is 0.262 e. The van der Waals surface area contributed by atoms with Crippen LogP contribution >= 0.6 is 11.6 Å². The van der Waals surface area contributed by atoms with E-state index in [9.17, 15) is 24.3 Å². The largest absolute Gasteiger partial charge is 0.508 e. The number of hydrogen-bond donors (Lipinski definition) is 2. The molecule has 0 aliphatic carbocycles. The highest BCUT2D eigenvalue weighted by Gasteiger charge is 2.45. The highest BCUT2D eigenvalue weighted by molar-refractivity contribution is 6.23. The summed E-state index contributed by atoms with van der Waals surface area (Å²) in [6.07, 6.45) is 4.50. The lowest BCUT2D eigenvalue weighted by Crippen LogP contribution is -2.54. The number of fused-ring (bicyclic) bond motifs is 1. The van der Waals surface area contributed by atoms with Gasteiger partial charge in [-0.2, -0.15) is 0 Å². The molecule has 4 heterocycles. The van der Waals surface area contributed by atoms with Gasteiger partial charge in [0.05, 0.1) is 11.1 Å². The van der Waals surface area contributed by atoms with Crippen molar-refractivity contribution in [2.24, 2.45) is 5.92 Å². The standard InChI is InChI=1S/C48H50ClFN4O6/c49-21-16-38(32-4-2-1-3-5-32)45(34-6-10-36(55)11-7-34)35-8-12-37(13-9-35)60-27-26-52-22-17-31(18-23-52)30-53-24-19-33(20-25-53)39-28-40-41(29-42(39)50)48(59)54(47(40)58)43-14-15-44(56)51-46(43)57/h1-13,28-29,31,33,43,55H,14-27,30H2,(H,51,56,57). The van der Waals surface area contributed by atoms with Crippen LogP contribution < -0.4 is 10.1 Å². The van der Waals surface area contributed by atoms with Crippen LogP contribution in [-0.4, -0.2) is 101 Å². The Morgan fingerprint density at radius 1 is 0.767 bits per heavy atom. The van der Waals surface area contributed by atoms with Gasteiger partial charge in [0.1, 0.15) is 30.0 Å². The van der Waals surface area contributed by atoms with Gasteiger partial charge in [-0.25, -0.2) is 4.39 Å². The number of halogens is 2. The van der Waals surface area contributed by atoms with Gasteiger partial charge in [0.2, 0.25) is 11.8 Å². The van der Waals surface area contributed by atoms with E-state index in [4.69, 9.17) is 16.3 Å². The number of phenolic OH excluding ortho intramolecular Hbond substituents is 1. The maximum atomic E-state index is 15.5. The molecule has 2 N–H and O–H groups in total. The number of imide groups is 2. The summed E-state index contributed by atoms with van der Waals surface area (Å²) in [6, 6.07) is 27.4. The van der Waals surface area contributed by atoms with Gasteiger partial charge in [-0.1, -0.05) is 54.6 Å². The number of alkyl halides is 1. The first-order valence-corrected chi connectivity index (χ1v) is 21.6. The van der Waals surface area contributed by atoms with E-state index in [-0.39, 0.29) is 35.6 Å². The number of phenols is 1. The molecule has 0 saturated carbocycles. The summed E-state index contributed by atoms with van der Waals surface area (Å²) in [7, 11) is 0. The number of ether oxygens (including phenoxy) is 1. The van der Waals surface area contributed by atoms with E-state index >= 15 is 4.39 Å². The Balaban J connectivity index is 0.802. The summed E-state index contributed by atoms with van der Waals surface area (Å²) in [5.41, 5.74) is 5.93. The van der Waals surface area contributed by atoms with Crippen molar-refractivity contribution >= 4 is 46.4 Å². The second-order valence-electron chi connectivity index (χ2n) is 16.3. The first-order chi connectivity index (χ1) is 29.2. The van der Waals surface area contributed by atoms with Crippen LogP contribution in [0.1, 0.15) is 93.8 Å². The zero-order valence-electron chi connectivity index (χ0n) is 33.6. The highest BCUT2D eigenvalue weighted by Crippen LogP contribution is 2.38. The third kappa shape index (κ3) is 9.04. The van der Waals surface area contributed by atoms with E-state index in [1.165, 1.54) is 6.07 Å². The summed E-state index contributed by atoms with van der Waals surface area (Å²) in [6.45, 7) is 6.12. The summed E-state index contributed by atoms with van der Waals surface area (Å²) >= 11 is 6.32. The van der Waals surface area contributed by atoms with Crippen molar-refractivity contribution in [3.8, 4) is 11.5 Å². The molecule has 0 bridgehead atoms. The molecular formula is C48H50ClFN4O6. The summed E-state index contributed by atoms with van der Waals surface area (Å²) in [5, 5.41) is 12.2. The Morgan fingerprint density at radius 3 is 2.05 bits per heavy atom. The molecule has 10 nitrogen and oxygen atoms in total. The van der Waals surface area contributed by atoms with Crippen LogP contribution in [0.2, 0.25) is 0 Å². The molecule has 60 heavy (non-hydrogen) atoms. The van der Waals surface area contributed by atoms with Crippen LogP contribution in [0.4, 0.5) is 4.39 Å². The van der Waals surface area contributed by atoms with Crippen molar-refractivity contribution in [2.75, 3.05) is 51.8 Å². The van der Waals surface area contributed by atoms with Gasteiger partial charge in [0, 0.05) is 25.4 Å². The Labute approximate surface area is 355 Å². The molecule has 4 aliphatic rings. The SMILES string of the molecule is O=C1CCC(N2C(=O)c3cc(F)c(C4CCN(CC5CCN(CCOc6ccc(C(=C(CCCl)c7ccccc7)c7ccc(O)cc7)cc6)CC5)CC4)cc3C2=O)C(=O)N1. The monoisotopic (exact) mass is 832 g/mol. The Bertz CT molecular complexity index is 2250. The lowest BCUT2D eigenvalue weighted by molar-refractivity contribution is -0.136. The summed E-state index contributed by atoms with van der Waals surface area (Å²) < 4.78 is 21.7. The van der Waals surface area contributed by atoms with Crippen molar-refractivity contribution in [1.82, 2.24) is 20.0 Å². The molecule has 12 heteroatoms. The van der Waals surface area contributed by atoms with Crippen LogP contribution in [0.25, 0.3) is 11.1 Å². The number of carbonyl (C=O) groups is 4. The van der Waals surface area contributed by atoms with Gasteiger partial charge in [0.15, 0.2) is 0 Å². The van der Waals surface area contributed by atoms with Crippen LogP contribution in [0, 0.1) is 11.7 Å². The molecule has 1 atom stereocenters. The highest BCUT2D eigenvalue weighted by atomic mass is 35.5. The number of amides is 4. The summed E-state index contributed by atoms with van der Waals surface area (Å²) in [4.78, 5) is 56.4. The average Bonchev–Trinajstić information content (AvgIpc) is 3.49. The minimum atomic E-state index is -1.08. The number of carbonyl (C=O) groups excluding carboxylic acids is 4. The number of aromatic hydroxyl groups is 1. The third-order valence-electron chi connectivity index (χ3n) is 12.6. The Morgan fingerprint density at radius 2 is 1.40 bits per heavy atom. The van der Waals surface area contributed by atoms with Crippen LogP contribution in [-0.2, 0) is 9.59 Å². The molecule has 0 aromatic heterocycles. The smallest absolute Gasteiger partial charge is 0.262 e. The van der Waals surface area contributed by atoms with E-state index in [0.717, 1.165) is 110 Å². The predicted molar refractivity (Wildman–Crippen MR) is 228 cm³/mol. The average molecular weight is 833 g/mol. The molecule has 0 radical (unpaired) electrons.